The molecule has 0 radical (unpaired) electrons. The number of aliphatic hydroxyl groups excluding tert-OH is 2. The van der Waals surface area contributed by atoms with Gasteiger partial charge in [-0.25, -0.2) is 0 Å². The van der Waals surface area contributed by atoms with Gasteiger partial charge >= 0.3 is 0 Å². The fourth-order valence-electron chi connectivity index (χ4n) is 3.30. The molecule has 8 heteroatoms. The number of amides is 1. The molecule has 1 aliphatic rings. The van der Waals surface area contributed by atoms with Crippen LogP contribution in [0.4, 0.5) is 0 Å². The number of phenols is 1. The molecule has 0 aromatic heterocycles. The van der Waals surface area contributed by atoms with Crippen LogP contribution >= 0.6 is 11.6 Å². The highest BCUT2D eigenvalue weighted by Gasteiger charge is 2.46. The predicted octanol–water partition coefficient (Wildman–Crippen LogP) is 2.86. The molecule has 2 aromatic carbocycles. The summed E-state index contributed by atoms with van der Waals surface area (Å²) in [5.41, 5.74) is 0.665. The Morgan fingerprint density at radius 2 is 1.86 bits per heavy atom. The van der Waals surface area contributed by atoms with Crippen molar-refractivity contribution in [3.8, 4) is 11.5 Å². The van der Waals surface area contributed by atoms with Gasteiger partial charge < -0.3 is 25.0 Å². The molecule has 1 amide bonds. The number of nitrogens with zero attached hydrogens (tertiary/aromatic N) is 1. The number of β-amino-alcohol motifs (C(OH)–C–C–N with tert-alkyl or cyclic N) is 1. The van der Waals surface area contributed by atoms with Crippen molar-refractivity contribution in [2.45, 2.75) is 13.0 Å². The van der Waals surface area contributed by atoms with Crippen LogP contribution in [0.2, 0.25) is 5.02 Å². The van der Waals surface area contributed by atoms with E-state index in [0.29, 0.717) is 22.8 Å². The number of aliphatic hydroxyl groups is 2. The zero-order valence-corrected chi connectivity index (χ0v) is 16.4. The first-order valence-corrected chi connectivity index (χ1v) is 9.37. The molecule has 0 saturated carbocycles. The van der Waals surface area contributed by atoms with E-state index in [1.165, 1.54) is 35.2 Å². The summed E-state index contributed by atoms with van der Waals surface area (Å²) in [5.74, 6) is -1.94. The smallest absolute Gasteiger partial charge is 0.295 e. The molecule has 3 N–H and O–H groups in total. The maximum Gasteiger partial charge on any atom is 0.295 e. The molecular weight excluding hydrogens is 398 g/mol. The molecule has 152 valence electrons. The second kappa shape index (κ2) is 8.55. The van der Waals surface area contributed by atoms with E-state index >= 15 is 0 Å². The van der Waals surface area contributed by atoms with Gasteiger partial charge in [-0.15, -0.1) is 0 Å². The number of Topliss-reactive ketones (excluding diaryl/α,β-unsaturated/α-hetero) is 1. The van der Waals surface area contributed by atoms with Gasteiger partial charge in [-0.1, -0.05) is 17.7 Å². The molecule has 1 aliphatic heterocycles. The molecule has 3 rings (SSSR count). The molecule has 1 heterocycles. The minimum Gasteiger partial charge on any atom is -0.507 e. The van der Waals surface area contributed by atoms with Crippen LogP contribution in [0, 0.1) is 0 Å². The molecule has 1 unspecified atom stereocenters. The lowest BCUT2D eigenvalue weighted by Gasteiger charge is -2.25. The Balaban J connectivity index is 2.19. The Labute approximate surface area is 172 Å². The molecule has 7 nitrogen and oxygen atoms in total. The lowest BCUT2D eigenvalue weighted by Crippen LogP contribution is -2.32. The van der Waals surface area contributed by atoms with Crippen molar-refractivity contribution in [3.63, 3.8) is 0 Å². The van der Waals surface area contributed by atoms with Gasteiger partial charge in [0.1, 0.15) is 5.76 Å². The number of ketones is 1. The van der Waals surface area contributed by atoms with Gasteiger partial charge in [-0.05, 0) is 48.9 Å². The number of hydrogen-bond donors (Lipinski definition) is 3. The van der Waals surface area contributed by atoms with Crippen molar-refractivity contribution in [1.82, 2.24) is 4.90 Å². The number of ether oxygens (including phenoxy) is 1. The standard InChI is InChI=1S/C21H20ClNO6/c1-2-29-16-11-13(5-8-15(16)25)18-17(20(27)21(28)23(18)9-10-24)19(26)12-3-6-14(22)7-4-12/h3-8,11,18,24-26H,2,9-10H2,1H3/b19-17+. The van der Waals surface area contributed by atoms with Crippen molar-refractivity contribution >= 4 is 29.1 Å². The summed E-state index contributed by atoms with van der Waals surface area (Å²) in [5, 5.41) is 30.7. The number of benzene rings is 2. The number of phenolic OH excluding ortho intramolecular Hbond substituents is 1. The first-order valence-electron chi connectivity index (χ1n) is 9.00. The van der Waals surface area contributed by atoms with Crippen LogP contribution in [0.25, 0.3) is 5.76 Å². The number of carbonyl (C=O) groups excluding carboxylic acids is 2. The van der Waals surface area contributed by atoms with E-state index in [9.17, 15) is 24.9 Å². The highest BCUT2D eigenvalue weighted by molar-refractivity contribution is 6.46. The average Bonchev–Trinajstić information content (AvgIpc) is 2.95. The highest BCUT2D eigenvalue weighted by atomic mass is 35.5. The van der Waals surface area contributed by atoms with Crippen LogP contribution in [0.1, 0.15) is 24.1 Å². The Kier molecular flexibility index (Phi) is 6.10. The summed E-state index contributed by atoms with van der Waals surface area (Å²) >= 11 is 5.89. The Bertz CT molecular complexity index is 970. The summed E-state index contributed by atoms with van der Waals surface area (Å²) < 4.78 is 5.40. The SMILES string of the molecule is CCOc1cc(C2/C(=C(\O)c3ccc(Cl)cc3)C(=O)C(=O)N2CCO)ccc1O. The topological polar surface area (TPSA) is 107 Å². The molecule has 1 saturated heterocycles. The Morgan fingerprint density at radius 3 is 2.48 bits per heavy atom. The van der Waals surface area contributed by atoms with Gasteiger partial charge in [-0.2, -0.15) is 0 Å². The summed E-state index contributed by atoms with van der Waals surface area (Å²) in [6.45, 7) is 1.60. The van der Waals surface area contributed by atoms with E-state index in [1.54, 1.807) is 19.1 Å². The van der Waals surface area contributed by atoms with Crippen LogP contribution in [0.5, 0.6) is 11.5 Å². The minimum atomic E-state index is -0.947. The number of rotatable bonds is 6. The van der Waals surface area contributed by atoms with E-state index in [4.69, 9.17) is 16.3 Å². The second-order valence-corrected chi connectivity index (χ2v) is 6.82. The maximum absolute atomic E-state index is 12.7. The van der Waals surface area contributed by atoms with E-state index in [0.717, 1.165) is 0 Å². The predicted molar refractivity (Wildman–Crippen MR) is 107 cm³/mol. The van der Waals surface area contributed by atoms with Crippen molar-refractivity contribution in [1.29, 1.82) is 0 Å². The number of likely N-dealkylation sites (tertiary alicyclic amines) is 1. The van der Waals surface area contributed by atoms with Gasteiger partial charge in [0.05, 0.1) is 24.8 Å². The molecule has 29 heavy (non-hydrogen) atoms. The zero-order chi connectivity index (χ0) is 21.1. The van der Waals surface area contributed by atoms with E-state index in [-0.39, 0.29) is 36.0 Å². The van der Waals surface area contributed by atoms with Gasteiger partial charge in [0.2, 0.25) is 0 Å². The normalized spacial score (nSPS) is 18.3. The number of carbonyl (C=O) groups is 2. The lowest BCUT2D eigenvalue weighted by molar-refractivity contribution is -0.140. The minimum absolute atomic E-state index is 0.0904. The lowest BCUT2D eigenvalue weighted by atomic mass is 9.95. The molecular formula is C21H20ClNO6. The van der Waals surface area contributed by atoms with Gasteiger partial charge in [0, 0.05) is 17.1 Å². The van der Waals surface area contributed by atoms with Crippen molar-refractivity contribution in [3.05, 3.63) is 64.2 Å². The van der Waals surface area contributed by atoms with Crippen LogP contribution in [0.3, 0.4) is 0 Å². The summed E-state index contributed by atoms with van der Waals surface area (Å²) in [4.78, 5) is 26.5. The second-order valence-electron chi connectivity index (χ2n) is 6.38. The third-order valence-electron chi connectivity index (χ3n) is 4.60. The fraction of sp³-hybridized carbons (Fsp3) is 0.238. The van der Waals surface area contributed by atoms with Crippen LogP contribution in [-0.2, 0) is 9.59 Å². The van der Waals surface area contributed by atoms with Crippen LogP contribution in [0.15, 0.2) is 48.0 Å². The van der Waals surface area contributed by atoms with Gasteiger partial charge in [0.25, 0.3) is 11.7 Å². The third kappa shape index (κ3) is 3.92. The molecule has 2 aromatic rings. The Hall–Kier alpha value is -3.03. The summed E-state index contributed by atoms with van der Waals surface area (Å²) in [6.07, 6.45) is 0. The van der Waals surface area contributed by atoms with Crippen molar-refractivity contribution < 1.29 is 29.6 Å². The van der Waals surface area contributed by atoms with Crippen molar-refractivity contribution in [2.75, 3.05) is 19.8 Å². The number of hydrogen-bond acceptors (Lipinski definition) is 6. The van der Waals surface area contributed by atoms with Crippen LogP contribution in [-0.4, -0.2) is 51.7 Å². The quantitative estimate of drug-likeness (QED) is 0.379. The van der Waals surface area contributed by atoms with E-state index in [2.05, 4.69) is 0 Å². The molecule has 1 atom stereocenters. The average molecular weight is 418 g/mol. The maximum atomic E-state index is 12.7. The Morgan fingerprint density at radius 1 is 1.17 bits per heavy atom. The van der Waals surface area contributed by atoms with Gasteiger partial charge in [-0.3, -0.25) is 9.59 Å². The molecule has 0 bridgehead atoms. The fourth-order valence-corrected chi connectivity index (χ4v) is 3.43. The number of halogens is 1. The first kappa shape index (κ1) is 20.7. The third-order valence-corrected chi connectivity index (χ3v) is 4.85. The first-order chi connectivity index (χ1) is 13.9. The molecule has 1 fully saturated rings. The zero-order valence-electron chi connectivity index (χ0n) is 15.6. The summed E-state index contributed by atoms with van der Waals surface area (Å²) in [6, 6.07) is 9.68. The largest absolute Gasteiger partial charge is 0.507 e. The van der Waals surface area contributed by atoms with Crippen molar-refractivity contribution in [2.24, 2.45) is 0 Å². The van der Waals surface area contributed by atoms with Crippen LogP contribution < -0.4 is 4.74 Å². The molecule has 0 aliphatic carbocycles. The number of aromatic hydroxyl groups is 1. The van der Waals surface area contributed by atoms with E-state index < -0.39 is 17.7 Å². The van der Waals surface area contributed by atoms with Gasteiger partial charge in [0.15, 0.2) is 11.5 Å². The summed E-state index contributed by atoms with van der Waals surface area (Å²) in [7, 11) is 0. The monoisotopic (exact) mass is 417 g/mol. The highest BCUT2D eigenvalue weighted by Crippen LogP contribution is 2.41. The van der Waals surface area contributed by atoms with E-state index in [1.807, 2.05) is 0 Å². The molecule has 0 spiro atoms.